The van der Waals surface area contributed by atoms with Crippen molar-refractivity contribution in [3.8, 4) is 0 Å². The lowest BCUT2D eigenvalue weighted by Gasteiger charge is -2.23. The minimum absolute atomic E-state index is 0.0672. The monoisotopic (exact) mass is 329 g/mol. The molecule has 0 bridgehead atoms. The summed E-state index contributed by atoms with van der Waals surface area (Å²) in [6.45, 7) is 9.76. The average molecular weight is 329 g/mol. The molecule has 0 fully saturated rings. The van der Waals surface area contributed by atoms with Crippen molar-refractivity contribution in [1.29, 1.82) is 0 Å². The molecule has 0 saturated carbocycles. The minimum atomic E-state index is -0.416. The summed E-state index contributed by atoms with van der Waals surface area (Å²) >= 11 is 0. The second-order valence-electron chi connectivity index (χ2n) is 7.33. The summed E-state index contributed by atoms with van der Waals surface area (Å²) in [6.07, 6.45) is 0.0672. The van der Waals surface area contributed by atoms with E-state index in [-0.39, 0.29) is 12.0 Å². The Balaban J connectivity index is 2.16. The highest BCUT2D eigenvalue weighted by molar-refractivity contribution is 5.75. The molecule has 6 nitrogen and oxygen atoms in total. The van der Waals surface area contributed by atoms with Crippen LogP contribution in [0.1, 0.15) is 43.5 Å². The van der Waals surface area contributed by atoms with Gasteiger partial charge in [-0.1, -0.05) is 29.8 Å². The molecule has 0 unspecified atom stereocenters. The highest BCUT2D eigenvalue weighted by Crippen LogP contribution is 2.17. The number of amides is 1. The standard InChI is InChI=1S/C18H27N5O/c1-13-6-8-14(9-7-13)11-22(5)12-17-20-16(10-15(19)24)21-23(17)18(2,3)4/h6-9H,10-12H2,1-5H3,(H2,19,24). The molecule has 24 heavy (non-hydrogen) atoms. The Labute approximate surface area is 143 Å². The molecule has 0 saturated heterocycles. The topological polar surface area (TPSA) is 77.0 Å². The Morgan fingerprint density at radius 3 is 2.38 bits per heavy atom. The number of carbonyl (C=O) groups excluding carboxylic acids is 1. The number of benzene rings is 1. The predicted octanol–water partition coefficient (Wildman–Crippen LogP) is 2.00. The fraction of sp³-hybridized carbons (Fsp3) is 0.500. The summed E-state index contributed by atoms with van der Waals surface area (Å²) in [4.78, 5) is 17.9. The first kappa shape index (κ1) is 18.1. The van der Waals surface area contributed by atoms with Crippen molar-refractivity contribution in [2.45, 2.75) is 52.7 Å². The van der Waals surface area contributed by atoms with Crippen LogP contribution in [-0.2, 0) is 29.8 Å². The van der Waals surface area contributed by atoms with E-state index in [1.165, 1.54) is 11.1 Å². The van der Waals surface area contributed by atoms with Gasteiger partial charge in [0.2, 0.25) is 5.91 Å². The van der Waals surface area contributed by atoms with Gasteiger partial charge in [-0.2, -0.15) is 5.10 Å². The first-order valence-corrected chi connectivity index (χ1v) is 8.13. The van der Waals surface area contributed by atoms with Gasteiger partial charge in [0.25, 0.3) is 0 Å². The van der Waals surface area contributed by atoms with Gasteiger partial charge in [-0.3, -0.25) is 9.69 Å². The van der Waals surface area contributed by atoms with E-state index in [0.29, 0.717) is 12.4 Å². The lowest BCUT2D eigenvalue weighted by molar-refractivity contribution is -0.117. The van der Waals surface area contributed by atoms with E-state index >= 15 is 0 Å². The highest BCUT2D eigenvalue weighted by Gasteiger charge is 2.22. The van der Waals surface area contributed by atoms with Crippen molar-refractivity contribution in [2.24, 2.45) is 5.73 Å². The molecule has 0 spiro atoms. The van der Waals surface area contributed by atoms with E-state index in [9.17, 15) is 4.79 Å². The fourth-order valence-corrected chi connectivity index (χ4v) is 2.56. The molecule has 1 heterocycles. The third-order valence-corrected chi connectivity index (χ3v) is 3.67. The Kier molecular flexibility index (Phi) is 5.39. The van der Waals surface area contributed by atoms with Crippen molar-refractivity contribution in [2.75, 3.05) is 7.05 Å². The molecule has 130 valence electrons. The number of aryl methyl sites for hydroxylation is 1. The molecule has 2 aromatic rings. The van der Waals surface area contributed by atoms with Crippen LogP contribution < -0.4 is 5.73 Å². The predicted molar refractivity (Wildman–Crippen MR) is 94.3 cm³/mol. The molecular weight excluding hydrogens is 302 g/mol. The Morgan fingerprint density at radius 1 is 1.21 bits per heavy atom. The van der Waals surface area contributed by atoms with Gasteiger partial charge in [0, 0.05) is 6.54 Å². The second kappa shape index (κ2) is 7.13. The van der Waals surface area contributed by atoms with Gasteiger partial charge in [0.1, 0.15) is 5.82 Å². The van der Waals surface area contributed by atoms with Crippen LogP contribution in [0.2, 0.25) is 0 Å². The van der Waals surface area contributed by atoms with E-state index in [2.05, 4.69) is 74.0 Å². The minimum Gasteiger partial charge on any atom is -0.369 e. The van der Waals surface area contributed by atoms with Crippen LogP contribution in [0.3, 0.4) is 0 Å². The zero-order valence-electron chi connectivity index (χ0n) is 15.2. The van der Waals surface area contributed by atoms with Gasteiger partial charge in [-0.25, -0.2) is 9.67 Å². The number of nitrogens with zero attached hydrogens (tertiary/aromatic N) is 4. The highest BCUT2D eigenvalue weighted by atomic mass is 16.1. The molecule has 0 radical (unpaired) electrons. The van der Waals surface area contributed by atoms with Crippen molar-refractivity contribution < 1.29 is 4.79 Å². The van der Waals surface area contributed by atoms with Crippen LogP contribution in [0.25, 0.3) is 0 Å². The first-order chi connectivity index (χ1) is 11.1. The van der Waals surface area contributed by atoms with Gasteiger partial charge in [-0.15, -0.1) is 0 Å². The zero-order valence-corrected chi connectivity index (χ0v) is 15.2. The number of nitrogens with two attached hydrogens (primary N) is 1. The smallest absolute Gasteiger partial charge is 0.225 e. The molecule has 0 aliphatic heterocycles. The number of aromatic nitrogens is 3. The Morgan fingerprint density at radius 2 is 1.83 bits per heavy atom. The van der Waals surface area contributed by atoms with Gasteiger partial charge in [0.05, 0.1) is 18.5 Å². The van der Waals surface area contributed by atoms with E-state index in [1.807, 2.05) is 4.68 Å². The summed E-state index contributed by atoms with van der Waals surface area (Å²) in [5.41, 5.74) is 7.57. The lowest BCUT2D eigenvalue weighted by atomic mass is 10.1. The normalized spacial score (nSPS) is 11.9. The Bertz CT molecular complexity index is 697. The quantitative estimate of drug-likeness (QED) is 0.879. The van der Waals surface area contributed by atoms with Gasteiger partial charge < -0.3 is 5.73 Å². The molecule has 0 aliphatic rings. The van der Waals surface area contributed by atoms with Gasteiger partial charge in [-0.05, 0) is 40.3 Å². The maximum Gasteiger partial charge on any atom is 0.225 e. The van der Waals surface area contributed by atoms with Crippen molar-refractivity contribution in [3.63, 3.8) is 0 Å². The third kappa shape index (κ3) is 4.89. The van der Waals surface area contributed by atoms with Crippen molar-refractivity contribution >= 4 is 5.91 Å². The summed E-state index contributed by atoms with van der Waals surface area (Å²) in [7, 11) is 2.05. The largest absolute Gasteiger partial charge is 0.369 e. The van der Waals surface area contributed by atoms with Gasteiger partial charge >= 0.3 is 0 Å². The van der Waals surface area contributed by atoms with Crippen molar-refractivity contribution in [3.05, 3.63) is 47.0 Å². The van der Waals surface area contributed by atoms with Crippen molar-refractivity contribution in [1.82, 2.24) is 19.7 Å². The maximum atomic E-state index is 11.2. The van der Waals surface area contributed by atoms with Crippen LogP contribution in [0.5, 0.6) is 0 Å². The average Bonchev–Trinajstić information content (AvgIpc) is 2.83. The maximum absolute atomic E-state index is 11.2. The van der Waals surface area contributed by atoms with E-state index in [0.717, 1.165) is 12.4 Å². The number of rotatable bonds is 6. The van der Waals surface area contributed by atoms with Gasteiger partial charge in [0.15, 0.2) is 5.82 Å². The fourth-order valence-electron chi connectivity index (χ4n) is 2.56. The Hall–Kier alpha value is -2.21. The van der Waals surface area contributed by atoms with Crippen LogP contribution >= 0.6 is 0 Å². The molecule has 6 heteroatoms. The zero-order chi connectivity index (χ0) is 17.9. The first-order valence-electron chi connectivity index (χ1n) is 8.13. The molecule has 2 rings (SSSR count). The summed E-state index contributed by atoms with van der Waals surface area (Å²) in [5, 5.41) is 4.47. The molecule has 0 aliphatic carbocycles. The SMILES string of the molecule is Cc1ccc(CN(C)Cc2nc(CC(N)=O)nn2C(C)(C)C)cc1. The summed E-state index contributed by atoms with van der Waals surface area (Å²) in [5.74, 6) is 0.908. The molecule has 1 aromatic carbocycles. The van der Waals surface area contributed by atoms with Crippen LogP contribution in [0.4, 0.5) is 0 Å². The molecule has 0 atom stereocenters. The molecule has 2 N–H and O–H groups in total. The molecular formula is C18H27N5O. The molecule has 1 amide bonds. The van der Waals surface area contributed by atoms with E-state index in [4.69, 9.17) is 5.73 Å². The van der Waals surface area contributed by atoms with Crippen LogP contribution in [-0.4, -0.2) is 32.6 Å². The van der Waals surface area contributed by atoms with E-state index < -0.39 is 5.91 Å². The number of primary amides is 1. The summed E-state index contributed by atoms with van der Waals surface area (Å²) in [6, 6.07) is 8.51. The van der Waals surface area contributed by atoms with Crippen LogP contribution in [0, 0.1) is 6.92 Å². The number of hydrogen-bond acceptors (Lipinski definition) is 4. The lowest BCUT2D eigenvalue weighted by Crippen LogP contribution is -2.29. The van der Waals surface area contributed by atoms with E-state index in [1.54, 1.807) is 0 Å². The number of hydrogen-bond donors (Lipinski definition) is 1. The number of carbonyl (C=O) groups is 1. The van der Waals surface area contributed by atoms with Crippen LogP contribution in [0.15, 0.2) is 24.3 Å². The second-order valence-corrected chi connectivity index (χ2v) is 7.33. The molecule has 1 aromatic heterocycles. The third-order valence-electron chi connectivity index (χ3n) is 3.67. The summed E-state index contributed by atoms with van der Waals surface area (Å²) < 4.78 is 1.89.